The van der Waals surface area contributed by atoms with Crippen molar-refractivity contribution in [3.8, 4) is 17.1 Å². The highest BCUT2D eigenvalue weighted by molar-refractivity contribution is 7.99. The van der Waals surface area contributed by atoms with Gasteiger partial charge in [0, 0.05) is 37.4 Å². The molecule has 1 aliphatic rings. The van der Waals surface area contributed by atoms with E-state index in [1.165, 1.54) is 17.8 Å². The fourth-order valence-corrected chi connectivity index (χ4v) is 5.57. The van der Waals surface area contributed by atoms with Gasteiger partial charge in [0.15, 0.2) is 11.0 Å². The molecule has 4 aromatic rings. The Balaban J connectivity index is 1.29. The number of aromatic nitrogens is 3. The molecule has 1 saturated heterocycles. The quantitative estimate of drug-likeness (QED) is 0.221. The van der Waals surface area contributed by atoms with Crippen LogP contribution in [0.15, 0.2) is 71.9 Å². The lowest BCUT2D eigenvalue weighted by Crippen LogP contribution is -2.49. The summed E-state index contributed by atoms with van der Waals surface area (Å²) in [6.45, 7) is 3.69. The number of carbonyl (C=O) groups excluding carboxylic acids is 1. The van der Waals surface area contributed by atoms with Crippen molar-refractivity contribution in [2.24, 2.45) is 0 Å². The van der Waals surface area contributed by atoms with Crippen molar-refractivity contribution in [2.45, 2.75) is 18.3 Å². The van der Waals surface area contributed by atoms with E-state index in [9.17, 15) is 18.0 Å². The number of anilines is 1. The Morgan fingerprint density at radius 2 is 1.62 bits per heavy atom. The molecule has 5 rings (SSSR count). The Morgan fingerprint density at radius 1 is 0.900 bits per heavy atom. The molecule has 1 amide bonds. The van der Waals surface area contributed by atoms with Gasteiger partial charge in [-0.15, -0.1) is 10.2 Å². The summed E-state index contributed by atoms with van der Waals surface area (Å²) in [4.78, 5) is 16.7. The van der Waals surface area contributed by atoms with Crippen LogP contribution >= 0.6 is 35.0 Å². The van der Waals surface area contributed by atoms with Gasteiger partial charge in [-0.05, 0) is 43.3 Å². The number of halogens is 5. The van der Waals surface area contributed by atoms with Crippen molar-refractivity contribution >= 4 is 46.6 Å². The average Bonchev–Trinajstić information content (AvgIpc) is 3.37. The minimum atomic E-state index is -4.40. The number of aryl methyl sites for hydroxylation is 1. The first-order valence-corrected chi connectivity index (χ1v) is 14.1. The first-order chi connectivity index (χ1) is 19.1. The molecule has 0 aliphatic carbocycles. The number of thioether (sulfide) groups is 1. The van der Waals surface area contributed by atoms with Crippen LogP contribution in [0.1, 0.15) is 11.1 Å². The molecule has 208 valence electrons. The van der Waals surface area contributed by atoms with E-state index in [1.54, 1.807) is 23.1 Å². The summed E-state index contributed by atoms with van der Waals surface area (Å²) in [5.74, 6) is 0.633. The Hall–Kier alpha value is -3.21. The molecule has 0 unspecified atom stereocenters. The zero-order valence-electron chi connectivity index (χ0n) is 21.3. The van der Waals surface area contributed by atoms with Crippen LogP contribution in [0.3, 0.4) is 0 Å². The lowest BCUT2D eigenvalue weighted by molar-refractivity contribution is -0.137. The molecule has 40 heavy (non-hydrogen) atoms. The molecule has 1 fully saturated rings. The van der Waals surface area contributed by atoms with Gasteiger partial charge in [0.2, 0.25) is 5.91 Å². The number of carbonyl (C=O) groups is 1. The van der Waals surface area contributed by atoms with E-state index in [-0.39, 0.29) is 11.7 Å². The van der Waals surface area contributed by atoms with Crippen molar-refractivity contribution in [1.29, 1.82) is 0 Å². The van der Waals surface area contributed by atoms with Crippen LogP contribution in [0, 0.1) is 6.92 Å². The number of amides is 1. The third-order valence-corrected chi connectivity index (χ3v) is 8.25. The number of alkyl halides is 3. The molecule has 0 spiro atoms. The second-order valence-corrected chi connectivity index (χ2v) is 11.1. The highest BCUT2D eigenvalue weighted by Gasteiger charge is 2.31. The summed E-state index contributed by atoms with van der Waals surface area (Å²) < 4.78 is 41.2. The maximum atomic E-state index is 13.1. The maximum absolute atomic E-state index is 13.1. The zero-order valence-corrected chi connectivity index (χ0v) is 23.7. The molecule has 0 radical (unpaired) electrons. The highest BCUT2D eigenvalue weighted by atomic mass is 35.5. The second kappa shape index (κ2) is 11.7. The monoisotopic (exact) mass is 605 g/mol. The average molecular weight is 607 g/mol. The van der Waals surface area contributed by atoms with Gasteiger partial charge in [0.05, 0.1) is 27.0 Å². The van der Waals surface area contributed by atoms with E-state index in [2.05, 4.69) is 10.2 Å². The van der Waals surface area contributed by atoms with E-state index in [4.69, 9.17) is 23.2 Å². The number of hydrogen-bond acceptors (Lipinski definition) is 5. The lowest BCUT2D eigenvalue weighted by atomic mass is 10.1. The SMILES string of the molecule is Cc1ccc(-c2nnc(SCC(=O)N3CCN(c4cccc(C(F)(F)F)c4)CC3)n2-c2ccc(Cl)c(Cl)c2)cc1. The molecule has 2 heterocycles. The summed E-state index contributed by atoms with van der Waals surface area (Å²) in [6, 6.07) is 18.4. The van der Waals surface area contributed by atoms with Gasteiger partial charge in [-0.3, -0.25) is 9.36 Å². The van der Waals surface area contributed by atoms with Crippen molar-refractivity contribution < 1.29 is 18.0 Å². The number of piperazine rings is 1. The molecule has 6 nitrogen and oxygen atoms in total. The van der Waals surface area contributed by atoms with Gasteiger partial charge >= 0.3 is 6.18 Å². The lowest BCUT2D eigenvalue weighted by Gasteiger charge is -2.36. The predicted octanol–water partition coefficient (Wildman–Crippen LogP) is 7.01. The molecule has 0 atom stereocenters. The fourth-order valence-electron chi connectivity index (χ4n) is 4.42. The topological polar surface area (TPSA) is 54.3 Å². The van der Waals surface area contributed by atoms with Crippen molar-refractivity contribution in [1.82, 2.24) is 19.7 Å². The number of nitrogens with zero attached hydrogens (tertiary/aromatic N) is 5. The third-order valence-electron chi connectivity index (χ3n) is 6.60. The van der Waals surface area contributed by atoms with Crippen molar-refractivity contribution in [3.05, 3.63) is 87.9 Å². The molecular formula is C28H24Cl2F3N5OS. The summed E-state index contributed by atoms with van der Waals surface area (Å²) in [6.07, 6.45) is -4.40. The molecule has 12 heteroatoms. The normalized spacial score (nSPS) is 14.1. The van der Waals surface area contributed by atoms with Gasteiger partial charge in [-0.1, -0.05) is 70.9 Å². The Kier molecular flexibility index (Phi) is 8.30. The van der Waals surface area contributed by atoms with Gasteiger partial charge in [0.1, 0.15) is 0 Å². The van der Waals surface area contributed by atoms with E-state index in [1.807, 2.05) is 46.7 Å². The number of hydrogen-bond donors (Lipinski definition) is 0. The van der Waals surface area contributed by atoms with Crippen LogP contribution < -0.4 is 4.90 Å². The minimum Gasteiger partial charge on any atom is -0.368 e. The van der Waals surface area contributed by atoms with Crippen molar-refractivity contribution in [2.75, 3.05) is 36.8 Å². The van der Waals surface area contributed by atoms with Gasteiger partial charge in [0.25, 0.3) is 0 Å². The van der Waals surface area contributed by atoms with Crippen LogP contribution in [0.25, 0.3) is 17.1 Å². The van der Waals surface area contributed by atoms with Crippen molar-refractivity contribution in [3.63, 3.8) is 0 Å². The van der Waals surface area contributed by atoms with Crippen LogP contribution in [-0.2, 0) is 11.0 Å². The largest absolute Gasteiger partial charge is 0.416 e. The van der Waals surface area contributed by atoms with Crippen LogP contribution in [-0.4, -0.2) is 57.5 Å². The van der Waals surface area contributed by atoms with Gasteiger partial charge < -0.3 is 9.80 Å². The summed E-state index contributed by atoms with van der Waals surface area (Å²) in [5, 5.41) is 10.1. The molecule has 0 N–H and O–H groups in total. The standard InChI is InChI=1S/C28H24Cl2F3N5OS/c1-18-5-7-19(8-6-18)26-34-35-27(38(26)22-9-10-23(29)24(30)16-22)40-17-25(39)37-13-11-36(12-14-37)21-4-2-3-20(15-21)28(31,32)33/h2-10,15-16H,11-14,17H2,1H3. The van der Waals surface area contributed by atoms with Crippen LogP contribution in [0.4, 0.5) is 18.9 Å². The number of rotatable bonds is 6. The Labute approximate surface area is 243 Å². The first-order valence-electron chi connectivity index (χ1n) is 12.4. The summed E-state index contributed by atoms with van der Waals surface area (Å²) in [7, 11) is 0. The molecule has 0 bridgehead atoms. The van der Waals surface area contributed by atoms with Gasteiger partial charge in [-0.2, -0.15) is 13.2 Å². The van der Waals surface area contributed by atoms with E-state index < -0.39 is 11.7 Å². The van der Waals surface area contributed by atoms with Crippen LogP contribution in [0.5, 0.6) is 0 Å². The first kappa shape index (κ1) is 28.3. The number of benzene rings is 3. The fraction of sp³-hybridized carbons (Fsp3) is 0.250. The molecule has 1 aliphatic heterocycles. The zero-order chi connectivity index (χ0) is 28.4. The molecular weight excluding hydrogens is 582 g/mol. The molecule has 1 aromatic heterocycles. The van der Waals surface area contributed by atoms with Gasteiger partial charge in [-0.25, -0.2) is 0 Å². The summed E-state index contributed by atoms with van der Waals surface area (Å²) in [5.41, 5.74) is 2.48. The maximum Gasteiger partial charge on any atom is 0.416 e. The summed E-state index contributed by atoms with van der Waals surface area (Å²) >= 11 is 13.7. The molecule has 3 aromatic carbocycles. The predicted molar refractivity (Wildman–Crippen MR) is 153 cm³/mol. The Morgan fingerprint density at radius 3 is 2.30 bits per heavy atom. The smallest absolute Gasteiger partial charge is 0.368 e. The second-order valence-electron chi connectivity index (χ2n) is 9.31. The van der Waals surface area contributed by atoms with E-state index >= 15 is 0 Å². The highest BCUT2D eigenvalue weighted by Crippen LogP contribution is 2.33. The van der Waals surface area contributed by atoms with Crippen LogP contribution in [0.2, 0.25) is 10.0 Å². The Bertz CT molecular complexity index is 1520. The third kappa shape index (κ3) is 6.24. The molecule has 0 saturated carbocycles. The van der Waals surface area contributed by atoms with E-state index in [0.29, 0.717) is 58.6 Å². The minimum absolute atomic E-state index is 0.0886. The van der Waals surface area contributed by atoms with E-state index in [0.717, 1.165) is 23.3 Å².